The molecular formula is C9H14O2. The van der Waals surface area contributed by atoms with Crippen molar-refractivity contribution in [1.82, 2.24) is 0 Å². The largest absolute Gasteiger partial charge is 0.396 e. The van der Waals surface area contributed by atoms with E-state index in [1.807, 2.05) is 0 Å². The van der Waals surface area contributed by atoms with E-state index in [1.165, 1.54) is 0 Å². The Labute approximate surface area is 66.5 Å². The van der Waals surface area contributed by atoms with Crippen LogP contribution in [0.2, 0.25) is 0 Å². The number of hydrogen-bond donors (Lipinski definition) is 2. The Morgan fingerprint density at radius 3 is 1.82 bits per heavy atom. The molecule has 2 aliphatic rings. The van der Waals surface area contributed by atoms with Gasteiger partial charge in [0, 0.05) is 13.2 Å². The van der Waals surface area contributed by atoms with Crippen LogP contribution in [0.1, 0.15) is 6.42 Å². The first-order valence-corrected chi connectivity index (χ1v) is 4.27. The van der Waals surface area contributed by atoms with Crippen molar-refractivity contribution in [2.24, 2.45) is 23.7 Å². The molecule has 0 amide bonds. The molecule has 2 nitrogen and oxygen atoms in total. The monoisotopic (exact) mass is 154 g/mol. The lowest BCUT2D eigenvalue weighted by Gasteiger charge is -2.23. The van der Waals surface area contributed by atoms with E-state index in [0.717, 1.165) is 6.42 Å². The van der Waals surface area contributed by atoms with Gasteiger partial charge in [0.25, 0.3) is 0 Å². The summed E-state index contributed by atoms with van der Waals surface area (Å²) in [6, 6.07) is 0. The minimum atomic E-state index is 0.233. The molecule has 0 aromatic carbocycles. The molecule has 2 heteroatoms. The van der Waals surface area contributed by atoms with Crippen LogP contribution in [0.5, 0.6) is 0 Å². The summed E-state index contributed by atoms with van der Waals surface area (Å²) in [6.07, 6.45) is 5.53. The zero-order valence-electron chi connectivity index (χ0n) is 6.48. The molecule has 0 unspecified atom stereocenters. The maximum absolute atomic E-state index is 9.04. The fourth-order valence-electron chi connectivity index (χ4n) is 2.57. The van der Waals surface area contributed by atoms with Crippen LogP contribution in [0.15, 0.2) is 12.2 Å². The predicted octanol–water partition coefficient (Wildman–Crippen LogP) is 0.409. The van der Waals surface area contributed by atoms with Gasteiger partial charge in [0.05, 0.1) is 0 Å². The number of aliphatic hydroxyl groups is 2. The first-order chi connectivity index (χ1) is 5.36. The van der Waals surface area contributed by atoms with Crippen molar-refractivity contribution in [1.29, 1.82) is 0 Å². The molecule has 0 aromatic heterocycles. The van der Waals surface area contributed by atoms with Crippen molar-refractivity contribution in [3.8, 4) is 0 Å². The highest BCUT2D eigenvalue weighted by molar-refractivity contribution is 5.13. The molecule has 1 fully saturated rings. The average molecular weight is 154 g/mol. The normalized spacial score (nSPS) is 47.1. The van der Waals surface area contributed by atoms with E-state index < -0.39 is 0 Å². The van der Waals surface area contributed by atoms with Crippen molar-refractivity contribution in [3.05, 3.63) is 12.2 Å². The first kappa shape index (κ1) is 7.32. The molecule has 11 heavy (non-hydrogen) atoms. The third-order valence-corrected chi connectivity index (χ3v) is 3.22. The van der Waals surface area contributed by atoms with E-state index in [1.54, 1.807) is 0 Å². The fraction of sp³-hybridized carbons (Fsp3) is 0.778. The van der Waals surface area contributed by atoms with Gasteiger partial charge >= 0.3 is 0 Å². The Morgan fingerprint density at radius 1 is 1.00 bits per heavy atom. The highest BCUT2D eigenvalue weighted by atomic mass is 16.3. The summed E-state index contributed by atoms with van der Waals surface area (Å²) in [5.74, 6) is 1.74. The molecule has 0 spiro atoms. The van der Waals surface area contributed by atoms with Crippen LogP contribution in [0, 0.1) is 23.7 Å². The van der Waals surface area contributed by atoms with E-state index in [4.69, 9.17) is 10.2 Å². The second-order valence-corrected chi connectivity index (χ2v) is 3.64. The van der Waals surface area contributed by atoms with Gasteiger partial charge in [-0.05, 0) is 30.1 Å². The van der Waals surface area contributed by atoms with Gasteiger partial charge in [0.15, 0.2) is 0 Å². The van der Waals surface area contributed by atoms with Crippen LogP contribution in [-0.2, 0) is 0 Å². The topological polar surface area (TPSA) is 40.5 Å². The summed E-state index contributed by atoms with van der Waals surface area (Å²) in [6.45, 7) is 0.466. The summed E-state index contributed by atoms with van der Waals surface area (Å²) in [5.41, 5.74) is 0. The van der Waals surface area contributed by atoms with E-state index >= 15 is 0 Å². The van der Waals surface area contributed by atoms with Crippen molar-refractivity contribution in [2.45, 2.75) is 6.42 Å². The molecule has 4 atom stereocenters. The number of rotatable bonds is 2. The molecular weight excluding hydrogens is 140 g/mol. The van der Waals surface area contributed by atoms with Crippen LogP contribution in [0.4, 0.5) is 0 Å². The van der Waals surface area contributed by atoms with Gasteiger partial charge < -0.3 is 10.2 Å². The number of hydrogen-bond acceptors (Lipinski definition) is 2. The first-order valence-electron chi connectivity index (χ1n) is 4.27. The summed E-state index contributed by atoms with van der Waals surface area (Å²) in [5, 5.41) is 18.1. The van der Waals surface area contributed by atoms with Gasteiger partial charge in [0.1, 0.15) is 0 Å². The molecule has 2 bridgehead atoms. The van der Waals surface area contributed by atoms with Gasteiger partial charge in [-0.25, -0.2) is 0 Å². The van der Waals surface area contributed by atoms with Crippen LogP contribution in [-0.4, -0.2) is 23.4 Å². The predicted molar refractivity (Wildman–Crippen MR) is 41.9 cm³/mol. The molecule has 0 aromatic rings. The minimum Gasteiger partial charge on any atom is -0.396 e. The van der Waals surface area contributed by atoms with E-state index in [9.17, 15) is 0 Å². The molecule has 1 saturated carbocycles. The van der Waals surface area contributed by atoms with E-state index in [0.29, 0.717) is 23.7 Å². The minimum absolute atomic E-state index is 0.233. The molecule has 0 heterocycles. The summed E-state index contributed by atoms with van der Waals surface area (Å²) >= 11 is 0. The van der Waals surface area contributed by atoms with Crippen LogP contribution >= 0.6 is 0 Å². The lowest BCUT2D eigenvalue weighted by Crippen LogP contribution is -2.25. The molecule has 0 aliphatic heterocycles. The average Bonchev–Trinajstić information content (AvgIpc) is 2.60. The van der Waals surface area contributed by atoms with Crippen LogP contribution in [0.25, 0.3) is 0 Å². The Morgan fingerprint density at radius 2 is 1.45 bits per heavy atom. The fourth-order valence-corrected chi connectivity index (χ4v) is 2.57. The Balaban J connectivity index is 2.15. The van der Waals surface area contributed by atoms with E-state index in [-0.39, 0.29) is 13.2 Å². The van der Waals surface area contributed by atoms with Gasteiger partial charge in [-0.2, -0.15) is 0 Å². The maximum Gasteiger partial charge on any atom is 0.0468 e. The van der Waals surface area contributed by atoms with Gasteiger partial charge in [0.2, 0.25) is 0 Å². The number of aliphatic hydroxyl groups excluding tert-OH is 2. The maximum atomic E-state index is 9.04. The standard InChI is InChI=1S/C9H14O2/c10-4-8-6-1-2-7(3-6)9(8)5-11/h1-2,6-11H,3-5H2/t6-,7+,8+,9-. The van der Waals surface area contributed by atoms with Crippen LogP contribution in [0.3, 0.4) is 0 Å². The third-order valence-electron chi connectivity index (χ3n) is 3.22. The molecule has 2 aliphatic carbocycles. The number of allylic oxidation sites excluding steroid dienone is 2. The van der Waals surface area contributed by atoms with Crippen molar-refractivity contribution >= 4 is 0 Å². The molecule has 0 radical (unpaired) electrons. The second kappa shape index (κ2) is 2.61. The summed E-state index contributed by atoms with van der Waals surface area (Å²) in [4.78, 5) is 0. The molecule has 2 N–H and O–H groups in total. The molecule has 2 rings (SSSR count). The van der Waals surface area contributed by atoms with Gasteiger partial charge in [-0.3, -0.25) is 0 Å². The smallest absolute Gasteiger partial charge is 0.0468 e. The molecule has 62 valence electrons. The highest BCUT2D eigenvalue weighted by Gasteiger charge is 2.43. The zero-order valence-corrected chi connectivity index (χ0v) is 6.48. The van der Waals surface area contributed by atoms with E-state index in [2.05, 4.69) is 12.2 Å². The second-order valence-electron chi connectivity index (χ2n) is 3.64. The Bertz CT molecular complexity index is 158. The Hall–Kier alpha value is -0.340. The summed E-state index contributed by atoms with van der Waals surface area (Å²) in [7, 11) is 0. The Kier molecular flexibility index (Phi) is 1.74. The SMILES string of the molecule is OC[C@@H]1[C@H](CO)[C@H]2C=C[C@@H]1C2. The quantitative estimate of drug-likeness (QED) is 0.565. The van der Waals surface area contributed by atoms with Crippen LogP contribution < -0.4 is 0 Å². The highest BCUT2D eigenvalue weighted by Crippen LogP contribution is 2.47. The zero-order chi connectivity index (χ0) is 7.84. The third kappa shape index (κ3) is 0.932. The lowest BCUT2D eigenvalue weighted by molar-refractivity contribution is 0.112. The van der Waals surface area contributed by atoms with Gasteiger partial charge in [-0.1, -0.05) is 12.2 Å². The van der Waals surface area contributed by atoms with Crippen molar-refractivity contribution in [2.75, 3.05) is 13.2 Å². The number of fused-ring (bicyclic) bond motifs is 2. The lowest BCUT2D eigenvalue weighted by atomic mass is 9.84. The van der Waals surface area contributed by atoms with Crippen molar-refractivity contribution in [3.63, 3.8) is 0 Å². The van der Waals surface area contributed by atoms with Gasteiger partial charge in [-0.15, -0.1) is 0 Å². The summed E-state index contributed by atoms with van der Waals surface area (Å²) < 4.78 is 0. The molecule has 0 saturated heterocycles. The van der Waals surface area contributed by atoms with Crippen molar-refractivity contribution < 1.29 is 10.2 Å².